The SMILES string of the molecule is COC(=O)CCN(C)CCOc1ccc(C(C)(C)C)cc1. The van der Waals surface area contributed by atoms with Crippen molar-refractivity contribution >= 4 is 5.97 Å². The minimum Gasteiger partial charge on any atom is -0.492 e. The Hall–Kier alpha value is -1.55. The molecule has 0 aliphatic heterocycles. The van der Waals surface area contributed by atoms with Crippen LogP contribution in [0.2, 0.25) is 0 Å². The van der Waals surface area contributed by atoms with Gasteiger partial charge in [0.1, 0.15) is 12.4 Å². The standard InChI is InChI=1S/C17H27NO3/c1-17(2,3)14-6-8-15(9-7-14)21-13-12-18(4)11-10-16(19)20-5/h6-9H,10-13H2,1-5H3. The molecule has 0 saturated carbocycles. The van der Waals surface area contributed by atoms with Crippen LogP contribution in [0.1, 0.15) is 32.8 Å². The number of carbonyl (C=O) groups excluding carboxylic acids is 1. The molecule has 4 heteroatoms. The Labute approximate surface area is 128 Å². The molecule has 0 heterocycles. The summed E-state index contributed by atoms with van der Waals surface area (Å²) >= 11 is 0. The van der Waals surface area contributed by atoms with Crippen LogP contribution in [0.15, 0.2) is 24.3 Å². The van der Waals surface area contributed by atoms with E-state index < -0.39 is 0 Å². The largest absolute Gasteiger partial charge is 0.492 e. The van der Waals surface area contributed by atoms with Crippen molar-refractivity contribution in [1.29, 1.82) is 0 Å². The smallest absolute Gasteiger partial charge is 0.306 e. The van der Waals surface area contributed by atoms with Gasteiger partial charge in [0.05, 0.1) is 13.5 Å². The molecule has 1 aromatic carbocycles. The lowest BCUT2D eigenvalue weighted by molar-refractivity contribution is -0.140. The van der Waals surface area contributed by atoms with Gasteiger partial charge in [-0.1, -0.05) is 32.9 Å². The third-order valence-corrected chi connectivity index (χ3v) is 3.39. The molecular weight excluding hydrogens is 266 g/mol. The molecule has 0 aromatic heterocycles. The van der Waals surface area contributed by atoms with Gasteiger partial charge in [-0.3, -0.25) is 4.79 Å². The van der Waals surface area contributed by atoms with Gasteiger partial charge < -0.3 is 14.4 Å². The zero-order chi connectivity index (χ0) is 15.9. The Balaban J connectivity index is 2.31. The normalized spacial score (nSPS) is 11.5. The van der Waals surface area contributed by atoms with Crippen LogP contribution >= 0.6 is 0 Å². The fourth-order valence-corrected chi connectivity index (χ4v) is 1.87. The second-order valence-electron chi connectivity index (χ2n) is 6.25. The average Bonchev–Trinajstić information content (AvgIpc) is 2.44. The lowest BCUT2D eigenvalue weighted by Gasteiger charge is -2.19. The first-order valence-corrected chi connectivity index (χ1v) is 7.31. The maximum Gasteiger partial charge on any atom is 0.306 e. The van der Waals surface area contributed by atoms with Crippen LogP contribution in [0.25, 0.3) is 0 Å². The molecule has 118 valence electrons. The molecule has 1 rings (SSSR count). The van der Waals surface area contributed by atoms with Crippen LogP contribution in [-0.4, -0.2) is 44.7 Å². The molecular formula is C17H27NO3. The summed E-state index contributed by atoms with van der Waals surface area (Å²) in [5.41, 5.74) is 1.46. The van der Waals surface area contributed by atoms with Gasteiger partial charge in [0.25, 0.3) is 0 Å². The van der Waals surface area contributed by atoms with E-state index in [1.165, 1.54) is 12.7 Å². The number of hydrogen-bond acceptors (Lipinski definition) is 4. The summed E-state index contributed by atoms with van der Waals surface area (Å²) in [7, 11) is 3.38. The van der Waals surface area contributed by atoms with Crippen LogP contribution in [0.3, 0.4) is 0 Å². The minimum atomic E-state index is -0.180. The van der Waals surface area contributed by atoms with Crippen molar-refractivity contribution in [1.82, 2.24) is 4.90 Å². The fraction of sp³-hybridized carbons (Fsp3) is 0.588. The first kappa shape index (κ1) is 17.5. The summed E-state index contributed by atoms with van der Waals surface area (Å²) in [6.07, 6.45) is 0.410. The summed E-state index contributed by atoms with van der Waals surface area (Å²) in [5, 5.41) is 0. The van der Waals surface area contributed by atoms with E-state index in [0.29, 0.717) is 19.6 Å². The molecule has 0 amide bonds. The number of hydrogen-bond donors (Lipinski definition) is 0. The Morgan fingerprint density at radius 1 is 1.14 bits per heavy atom. The first-order valence-electron chi connectivity index (χ1n) is 7.31. The van der Waals surface area contributed by atoms with E-state index in [1.54, 1.807) is 0 Å². The highest BCUT2D eigenvalue weighted by Gasteiger charge is 2.13. The predicted molar refractivity (Wildman–Crippen MR) is 84.8 cm³/mol. The van der Waals surface area contributed by atoms with Crippen LogP contribution < -0.4 is 4.74 Å². The molecule has 21 heavy (non-hydrogen) atoms. The Morgan fingerprint density at radius 2 is 1.76 bits per heavy atom. The number of ether oxygens (including phenoxy) is 2. The van der Waals surface area contributed by atoms with Gasteiger partial charge in [-0.2, -0.15) is 0 Å². The number of esters is 1. The molecule has 1 aromatic rings. The summed E-state index contributed by atoms with van der Waals surface area (Å²) in [6.45, 7) is 8.64. The van der Waals surface area contributed by atoms with Crippen molar-refractivity contribution in [2.75, 3.05) is 33.9 Å². The molecule has 0 aliphatic rings. The Kier molecular flexibility index (Phi) is 6.69. The molecule has 0 spiro atoms. The van der Waals surface area contributed by atoms with Crippen LogP contribution in [-0.2, 0) is 14.9 Å². The molecule has 0 bridgehead atoms. The van der Waals surface area contributed by atoms with Crippen molar-refractivity contribution in [3.05, 3.63) is 29.8 Å². The number of nitrogens with zero attached hydrogens (tertiary/aromatic N) is 1. The van der Waals surface area contributed by atoms with E-state index in [4.69, 9.17) is 4.74 Å². The predicted octanol–water partition coefficient (Wildman–Crippen LogP) is 2.86. The molecule has 0 unspecified atom stereocenters. The molecule has 0 atom stereocenters. The summed E-state index contributed by atoms with van der Waals surface area (Å²) in [4.78, 5) is 13.1. The van der Waals surface area contributed by atoms with Gasteiger partial charge in [-0.05, 0) is 30.2 Å². The lowest BCUT2D eigenvalue weighted by Crippen LogP contribution is -2.27. The van der Waals surface area contributed by atoms with Crippen LogP contribution in [0.4, 0.5) is 0 Å². The number of carbonyl (C=O) groups is 1. The highest BCUT2D eigenvalue weighted by molar-refractivity contribution is 5.69. The van der Waals surface area contributed by atoms with Crippen LogP contribution in [0.5, 0.6) is 5.75 Å². The molecule has 0 fully saturated rings. The zero-order valence-electron chi connectivity index (χ0n) is 13.8. The van der Waals surface area contributed by atoms with Crippen molar-refractivity contribution in [3.63, 3.8) is 0 Å². The van der Waals surface area contributed by atoms with Gasteiger partial charge in [0.2, 0.25) is 0 Å². The molecule has 0 radical (unpaired) electrons. The molecule has 0 N–H and O–H groups in total. The third kappa shape index (κ3) is 6.63. The van der Waals surface area contributed by atoms with E-state index >= 15 is 0 Å². The summed E-state index contributed by atoms with van der Waals surface area (Å²) in [5.74, 6) is 0.699. The van der Waals surface area contributed by atoms with Crippen molar-refractivity contribution < 1.29 is 14.3 Å². The fourth-order valence-electron chi connectivity index (χ4n) is 1.87. The quantitative estimate of drug-likeness (QED) is 0.725. The molecule has 4 nitrogen and oxygen atoms in total. The number of methoxy groups -OCH3 is 1. The van der Waals surface area contributed by atoms with Gasteiger partial charge in [-0.25, -0.2) is 0 Å². The minimum absolute atomic E-state index is 0.159. The van der Waals surface area contributed by atoms with E-state index in [-0.39, 0.29) is 11.4 Å². The van der Waals surface area contributed by atoms with Crippen molar-refractivity contribution in [2.24, 2.45) is 0 Å². The van der Waals surface area contributed by atoms with E-state index in [0.717, 1.165) is 12.3 Å². The highest BCUT2D eigenvalue weighted by Crippen LogP contribution is 2.24. The highest BCUT2D eigenvalue weighted by atomic mass is 16.5. The molecule has 0 aliphatic carbocycles. The Bertz CT molecular complexity index is 434. The van der Waals surface area contributed by atoms with Gasteiger partial charge in [0.15, 0.2) is 0 Å². The second kappa shape index (κ2) is 8.03. The topological polar surface area (TPSA) is 38.8 Å². The second-order valence-corrected chi connectivity index (χ2v) is 6.25. The number of rotatable bonds is 7. The maximum atomic E-state index is 11.0. The lowest BCUT2D eigenvalue weighted by atomic mass is 9.87. The van der Waals surface area contributed by atoms with E-state index in [2.05, 4.69) is 42.5 Å². The van der Waals surface area contributed by atoms with Gasteiger partial charge in [0, 0.05) is 13.1 Å². The van der Waals surface area contributed by atoms with Crippen LogP contribution in [0, 0.1) is 0 Å². The zero-order valence-corrected chi connectivity index (χ0v) is 13.8. The monoisotopic (exact) mass is 293 g/mol. The van der Waals surface area contributed by atoms with E-state index in [1.807, 2.05) is 19.2 Å². The number of benzene rings is 1. The summed E-state index contributed by atoms with van der Waals surface area (Å²) < 4.78 is 10.3. The average molecular weight is 293 g/mol. The molecule has 0 saturated heterocycles. The third-order valence-electron chi connectivity index (χ3n) is 3.39. The van der Waals surface area contributed by atoms with Gasteiger partial charge in [-0.15, -0.1) is 0 Å². The summed E-state index contributed by atoms with van der Waals surface area (Å²) in [6, 6.07) is 8.23. The maximum absolute atomic E-state index is 11.0. The Morgan fingerprint density at radius 3 is 2.29 bits per heavy atom. The van der Waals surface area contributed by atoms with Crippen molar-refractivity contribution in [2.45, 2.75) is 32.6 Å². The van der Waals surface area contributed by atoms with E-state index in [9.17, 15) is 4.79 Å². The number of likely N-dealkylation sites (N-methyl/N-ethyl adjacent to an activating group) is 1. The van der Waals surface area contributed by atoms with Crippen molar-refractivity contribution in [3.8, 4) is 5.75 Å². The van der Waals surface area contributed by atoms with Gasteiger partial charge >= 0.3 is 5.97 Å². The first-order chi connectivity index (χ1) is 9.82.